The summed E-state index contributed by atoms with van der Waals surface area (Å²) in [5.41, 5.74) is 8.81. The summed E-state index contributed by atoms with van der Waals surface area (Å²) in [7, 11) is 1.98. The van der Waals surface area contributed by atoms with Crippen molar-refractivity contribution in [2.45, 2.75) is 31.3 Å². The van der Waals surface area contributed by atoms with Gasteiger partial charge in [0.05, 0.1) is 6.04 Å². The van der Waals surface area contributed by atoms with Crippen molar-refractivity contribution in [1.29, 1.82) is 0 Å². The fourth-order valence-electron chi connectivity index (χ4n) is 1.98. The van der Waals surface area contributed by atoms with E-state index in [1.165, 1.54) is 11.1 Å². The van der Waals surface area contributed by atoms with Crippen LogP contribution in [0.15, 0.2) is 24.3 Å². The van der Waals surface area contributed by atoms with Gasteiger partial charge in [-0.25, -0.2) is 0 Å². The van der Waals surface area contributed by atoms with E-state index < -0.39 is 0 Å². The molecule has 2 nitrogen and oxygen atoms in total. The number of rotatable bonds is 3. The first-order valence-electron chi connectivity index (χ1n) is 5.18. The summed E-state index contributed by atoms with van der Waals surface area (Å²) >= 11 is 0. The molecule has 14 heavy (non-hydrogen) atoms. The molecule has 0 amide bonds. The second-order valence-electron chi connectivity index (χ2n) is 4.37. The Labute approximate surface area is 85.5 Å². The fourth-order valence-corrected chi connectivity index (χ4v) is 1.98. The highest BCUT2D eigenvalue weighted by Gasteiger charge is 2.45. The normalized spacial score (nSPS) is 20.5. The van der Waals surface area contributed by atoms with E-state index in [-0.39, 0.29) is 5.54 Å². The molecule has 1 unspecified atom stereocenters. The standard InChI is InChI=1S/C12H18N2/c1-9-3-5-10(6-4-9)11(14-2)12(13)7-8-12/h3-6,11,14H,7-8,13H2,1-2H3. The second-order valence-corrected chi connectivity index (χ2v) is 4.37. The summed E-state index contributed by atoms with van der Waals surface area (Å²) in [4.78, 5) is 0. The molecule has 76 valence electrons. The largest absolute Gasteiger partial charge is 0.323 e. The quantitative estimate of drug-likeness (QED) is 0.762. The van der Waals surface area contributed by atoms with Crippen LogP contribution in [0.4, 0.5) is 0 Å². The molecule has 0 heterocycles. The molecule has 2 rings (SSSR count). The van der Waals surface area contributed by atoms with Gasteiger partial charge in [-0.05, 0) is 32.4 Å². The molecule has 2 heteroatoms. The van der Waals surface area contributed by atoms with Crippen LogP contribution >= 0.6 is 0 Å². The van der Waals surface area contributed by atoms with Crippen LogP contribution in [0, 0.1) is 6.92 Å². The Morgan fingerprint density at radius 3 is 2.29 bits per heavy atom. The number of hydrogen-bond donors (Lipinski definition) is 2. The van der Waals surface area contributed by atoms with Crippen molar-refractivity contribution in [2.75, 3.05) is 7.05 Å². The zero-order valence-corrected chi connectivity index (χ0v) is 8.88. The maximum Gasteiger partial charge on any atom is 0.0500 e. The summed E-state index contributed by atoms with van der Waals surface area (Å²) in [6, 6.07) is 8.94. The van der Waals surface area contributed by atoms with Crippen molar-refractivity contribution >= 4 is 0 Å². The predicted molar refractivity (Wildman–Crippen MR) is 59.1 cm³/mol. The number of likely N-dealkylation sites (N-methyl/N-ethyl adjacent to an activating group) is 1. The minimum atomic E-state index is 0.00398. The first kappa shape index (κ1) is 9.69. The van der Waals surface area contributed by atoms with Gasteiger partial charge in [0.2, 0.25) is 0 Å². The molecule has 1 saturated carbocycles. The molecule has 0 saturated heterocycles. The lowest BCUT2D eigenvalue weighted by atomic mass is 9.97. The lowest BCUT2D eigenvalue weighted by Crippen LogP contribution is -2.38. The molecule has 1 atom stereocenters. The van der Waals surface area contributed by atoms with E-state index in [2.05, 4.69) is 36.5 Å². The molecule has 1 fully saturated rings. The van der Waals surface area contributed by atoms with E-state index in [4.69, 9.17) is 5.73 Å². The van der Waals surface area contributed by atoms with Crippen LogP contribution in [0.1, 0.15) is 30.0 Å². The van der Waals surface area contributed by atoms with Crippen LogP contribution in [0.2, 0.25) is 0 Å². The summed E-state index contributed by atoms with van der Waals surface area (Å²) in [5, 5.41) is 3.32. The third-order valence-corrected chi connectivity index (χ3v) is 3.10. The van der Waals surface area contributed by atoms with Crippen LogP contribution < -0.4 is 11.1 Å². The minimum Gasteiger partial charge on any atom is -0.323 e. The number of nitrogens with one attached hydrogen (secondary N) is 1. The Morgan fingerprint density at radius 2 is 1.86 bits per heavy atom. The van der Waals surface area contributed by atoms with Crippen LogP contribution in [-0.2, 0) is 0 Å². The highest BCUT2D eigenvalue weighted by atomic mass is 15.0. The smallest absolute Gasteiger partial charge is 0.0500 e. The Balaban J connectivity index is 2.23. The van der Waals surface area contributed by atoms with E-state index in [1.54, 1.807) is 0 Å². The Kier molecular flexibility index (Phi) is 2.33. The Hall–Kier alpha value is -0.860. The first-order valence-corrected chi connectivity index (χ1v) is 5.18. The summed E-state index contributed by atoms with van der Waals surface area (Å²) in [5.74, 6) is 0. The zero-order chi connectivity index (χ0) is 10.2. The second kappa shape index (κ2) is 3.37. The molecule has 0 aliphatic heterocycles. The zero-order valence-electron chi connectivity index (χ0n) is 8.88. The summed E-state index contributed by atoms with van der Waals surface area (Å²) in [6.45, 7) is 2.10. The van der Waals surface area contributed by atoms with E-state index in [9.17, 15) is 0 Å². The van der Waals surface area contributed by atoms with Gasteiger partial charge in [0.15, 0.2) is 0 Å². The van der Waals surface area contributed by atoms with Crippen molar-refractivity contribution in [3.05, 3.63) is 35.4 Å². The van der Waals surface area contributed by atoms with Crippen molar-refractivity contribution < 1.29 is 0 Å². The van der Waals surface area contributed by atoms with Crippen molar-refractivity contribution in [2.24, 2.45) is 5.73 Å². The van der Waals surface area contributed by atoms with Gasteiger partial charge in [0.25, 0.3) is 0 Å². The van der Waals surface area contributed by atoms with Crippen molar-refractivity contribution in [1.82, 2.24) is 5.32 Å². The van der Waals surface area contributed by atoms with Gasteiger partial charge < -0.3 is 11.1 Å². The van der Waals surface area contributed by atoms with Gasteiger partial charge in [-0.2, -0.15) is 0 Å². The van der Waals surface area contributed by atoms with Crippen molar-refractivity contribution in [3.8, 4) is 0 Å². The SMILES string of the molecule is CNC(c1ccc(C)cc1)C1(N)CC1. The van der Waals surface area contributed by atoms with Gasteiger partial charge in [0.1, 0.15) is 0 Å². The number of hydrogen-bond acceptors (Lipinski definition) is 2. The highest BCUT2D eigenvalue weighted by molar-refractivity contribution is 5.29. The van der Waals surface area contributed by atoms with E-state index in [0.29, 0.717) is 6.04 Å². The number of benzene rings is 1. The maximum atomic E-state index is 6.21. The lowest BCUT2D eigenvalue weighted by molar-refractivity contribution is 0.461. The predicted octanol–water partition coefficient (Wildman–Crippen LogP) is 1.75. The molecule has 0 aromatic heterocycles. The Bertz CT molecular complexity index is 312. The van der Waals surface area contributed by atoms with Crippen LogP contribution in [0.5, 0.6) is 0 Å². The van der Waals surface area contributed by atoms with Crippen molar-refractivity contribution in [3.63, 3.8) is 0 Å². The molecule has 0 radical (unpaired) electrons. The average Bonchev–Trinajstić information content (AvgIpc) is 2.89. The molecule has 1 aliphatic carbocycles. The molecule has 1 aromatic rings. The van der Waals surface area contributed by atoms with Gasteiger partial charge in [-0.15, -0.1) is 0 Å². The maximum absolute atomic E-state index is 6.21. The Morgan fingerprint density at radius 1 is 1.29 bits per heavy atom. The minimum absolute atomic E-state index is 0.00398. The van der Waals surface area contributed by atoms with E-state index >= 15 is 0 Å². The van der Waals surface area contributed by atoms with E-state index in [0.717, 1.165) is 12.8 Å². The van der Waals surface area contributed by atoms with E-state index in [1.807, 2.05) is 7.05 Å². The van der Waals surface area contributed by atoms with Crippen LogP contribution in [0.3, 0.4) is 0 Å². The van der Waals surface area contributed by atoms with Crippen LogP contribution in [0.25, 0.3) is 0 Å². The monoisotopic (exact) mass is 190 g/mol. The first-order chi connectivity index (χ1) is 6.65. The third-order valence-electron chi connectivity index (χ3n) is 3.10. The van der Waals surface area contributed by atoms with Gasteiger partial charge >= 0.3 is 0 Å². The van der Waals surface area contributed by atoms with Gasteiger partial charge in [0, 0.05) is 5.54 Å². The highest BCUT2D eigenvalue weighted by Crippen LogP contribution is 2.43. The fraction of sp³-hybridized carbons (Fsp3) is 0.500. The molecular weight excluding hydrogens is 172 g/mol. The molecule has 1 aromatic carbocycles. The topological polar surface area (TPSA) is 38.0 Å². The summed E-state index contributed by atoms with van der Waals surface area (Å²) < 4.78 is 0. The summed E-state index contributed by atoms with van der Waals surface area (Å²) in [6.07, 6.45) is 2.26. The molecule has 0 spiro atoms. The van der Waals surface area contributed by atoms with Gasteiger partial charge in [-0.1, -0.05) is 29.8 Å². The third kappa shape index (κ3) is 1.68. The van der Waals surface area contributed by atoms with Crippen LogP contribution in [-0.4, -0.2) is 12.6 Å². The molecule has 0 bridgehead atoms. The number of aryl methyl sites for hydroxylation is 1. The molecule has 3 N–H and O–H groups in total. The molecular formula is C12H18N2. The molecule has 1 aliphatic rings. The van der Waals surface area contributed by atoms with Gasteiger partial charge in [-0.3, -0.25) is 0 Å². The lowest BCUT2D eigenvalue weighted by Gasteiger charge is -2.23. The number of nitrogens with two attached hydrogens (primary N) is 1. The average molecular weight is 190 g/mol.